The molecule has 0 unspecified atom stereocenters. The van der Waals surface area contributed by atoms with Gasteiger partial charge in [0.05, 0.1) is 18.6 Å². The Bertz CT molecular complexity index is 637. The van der Waals surface area contributed by atoms with Crippen LogP contribution in [0.3, 0.4) is 0 Å². The molecule has 0 spiro atoms. The highest BCUT2D eigenvalue weighted by atomic mass is 16.5. The third kappa shape index (κ3) is 2.84. The third-order valence-corrected chi connectivity index (χ3v) is 3.61. The van der Waals surface area contributed by atoms with Crippen LogP contribution in [0.25, 0.3) is 0 Å². The number of hydrogen-bond acceptors (Lipinski definition) is 4. The Morgan fingerprint density at radius 2 is 1.95 bits per heavy atom. The van der Waals surface area contributed by atoms with Gasteiger partial charge < -0.3 is 14.8 Å². The highest BCUT2D eigenvalue weighted by Gasteiger charge is 2.28. The van der Waals surface area contributed by atoms with E-state index in [0.717, 1.165) is 11.4 Å². The van der Waals surface area contributed by atoms with E-state index in [-0.39, 0.29) is 11.7 Å². The second-order valence-electron chi connectivity index (χ2n) is 4.98. The van der Waals surface area contributed by atoms with Gasteiger partial charge >= 0.3 is 0 Å². The first-order valence-corrected chi connectivity index (χ1v) is 6.92. The van der Waals surface area contributed by atoms with Crippen LogP contribution < -0.4 is 14.8 Å². The molecule has 4 heteroatoms. The number of methoxy groups -OCH3 is 1. The summed E-state index contributed by atoms with van der Waals surface area (Å²) in [6.45, 7) is 0.971. The van der Waals surface area contributed by atoms with Gasteiger partial charge in [0.1, 0.15) is 18.1 Å². The fourth-order valence-corrected chi connectivity index (χ4v) is 2.38. The van der Waals surface area contributed by atoms with Crippen molar-refractivity contribution in [2.24, 2.45) is 5.92 Å². The molecule has 0 amide bonds. The number of ether oxygens (including phenoxy) is 2. The fraction of sp³-hybridized carbons (Fsp3) is 0.235. The van der Waals surface area contributed by atoms with Gasteiger partial charge in [0, 0.05) is 12.2 Å². The molecule has 4 nitrogen and oxygen atoms in total. The highest BCUT2D eigenvalue weighted by Crippen LogP contribution is 2.27. The van der Waals surface area contributed by atoms with Crippen LogP contribution in [0.4, 0.5) is 5.69 Å². The van der Waals surface area contributed by atoms with Crippen molar-refractivity contribution in [2.45, 2.75) is 0 Å². The lowest BCUT2D eigenvalue weighted by molar-refractivity contribution is 0.0843. The third-order valence-electron chi connectivity index (χ3n) is 3.61. The van der Waals surface area contributed by atoms with Crippen LogP contribution in [0.2, 0.25) is 0 Å². The lowest BCUT2D eigenvalue weighted by Crippen LogP contribution is -2.33. The van der Waals surface area contributed by atoms with Gasteiger partial charge in [-0.3, -0.25) is 4.79 Å². The van der Waals surface area contributed by atoms with Crippen LogP contribution in [-0.4, -0.2) is 26.0 Å². The molecule has 3 rings (SSSR count). The van der Waals surface area contributed by atoms with Crippen LogP contribution in [0, 0.1) is 5.92 Å². The quantitative estimate of drug-likeness (QED) is 0.937. The van der Waals surface area contributed by atoms with Crippen LogP contribution >= 0.6 is 0 Å². The van der Waals surface area contributed by atoms with E-state index < -0.39 is 0 Å². The summed E-state index contributed by atoms with van der Waals surface area (Å²) in [6.07, 6.45) is 0. The summed E-state index contributed by atoms with van der Waals surface area (Å²) in [5, 5.41) is 3.27. The number of para-hydroxylation sites is 1. The molecule has 1 aliphatic heterocycles. The Balaban J connectivity index is 1.65. The standard InChI is InChI=1S/C17H17NO3/c1-20-14-8-6-13(7-9-14)18-10-12-11-21-16-5-3-2-4-15(16)17(12)19/h2-9,12,18H,10-11H2,1H3/t12-/m0/s1. The number of carbonyl (C=O) groups is 1. The Labute approximate surface area is 123 Å². The molecular weight excluding hydrogens is 266 g/mol. The number of Topliss-reactive ketones (excluding diaryl/α,β-unsaturated/α-hetero) is 1. The predicted molar refractivity (Wildman–Crippen MR) is 81.2 cm³/mol. The summed E-state index contributed by atoms with van der Waals surface area (Å²) in [5.41, 5.74) is 1.63. The van der Waals surface area contributed by atoms with E-state index >= 15 is 0 Å². The second-order valence-corrected chi connectivity index (χ2v) is 4.98. The highest BCUT2D eigenvalue weighted by molar-refractivity contribution is 6.01. The number of rotatable bonds is 4. The number of fused-ring (bicyclic) bond motifs is 1. The van der Waals surface area contributed by atoms with Gasteiger partial charge in [-0.05, 0) is 36.4 Å². The van der Waals surface area contributed by atoms with Crippen LogP contribution in [0.1, 0.15) is 10.4 Å². The fourth-order valence-electron chi connectivity index (χ4n) is 2.38. The molecule has 108 valence electrons. The van der Waals surface area contributed by atoms with Crippen LogP contribution in [0.15, 0.2) is 48.5 Å². The van der Waals surface area contributed by atoms with E-state index in [1.54, 1.807) is 7.11 Å². The zero-order valence-electron chi connectivity index (χ0n) is 11.8. The van der Waals surface area contributed by atoms with Crippen LogP contribution in [-0.2, 0) is 0 Å². The summed E-state index contributed by atoms with van der Waals surface area (Å²) in [4.78, 5) is 12.4. The van der Waals surface area contributed by atoms with Crippen molar-refractivity contribution in [3.63, 3.8) is 0 Å². The molecule has 0 saturated carbocycles. The summed E-state index contributed by atoms with van der Waals surface area (Å²) in [6, 6.07) is 15.0. The molecular formula is C17H17NO3. The Kier molecular flexibility index (Phi) is 3.77. The summed E-state index contributed by atoms with van der Waals surface area (Å²) in [7, 11) is 1.64. The Hall–Kier alpha value is -2.49. The number of ketones is 1. The van der Waals surface area contributed by atoms with Gasteiger partial charge in [0.15, 0.2) is 5.78 Å². The van der Waals surface area contributed by atoms with Crippen LogP contribution in [0.5, 0.6) is 11.5 Å². The number of nitrogens with one attached hydrogen (secondary N) is 1. The largest absolute Gasteiger partial charge is 0.497 e. The van der Waals surface area contributed by atoms with Crippen molar-refractivity contribution in [2.75, 3.05) is 25.6 Å². The van der Waals surface area contributed by atoms with E-state index in [1.807, 2.05) is 48.5 Å². The summed E-state index contributed by atoms with van der Waals surface area (Å²) in [5.74, 6) is 1.47. The number of carbonyl (C=O) groups excluding carboxylic acids is 1. The first kappa shape index (κ1) is 13.5. The SMILES string of the molecule is COc1ccc(NC[C@H]2COc3ccccc3C2=O)cc1. The van der Waals surface area contributed by atoms with Gasteiger partial charge in [-0.2, -0.15) is 0 Å². The van der Waals surface area contributed by atoms with Crippen molar-refractivity contribution >= 4 is 11.5 Å². The lowest BCUT2D eigenvalue weighted by atomic mass is 9.95. The van der Waals surface area contributed by atoms with Crippen molar-refractivity contribution in [3.05, 3.63) is 54.1 Å². The van der Waals surface area contributed by atoms with E-state index in [0.29, 0.717) is 24.5 Å². The minimum absolute atomic E-state index is 0.137. The van der Waals surface area contributed by atoms with Crippen molar-refractivity contribution in [3.8, 4) is 11.5 Å². The molecule has 1 N–H and O–H groups in total. The van der Waals surface area contributed by atoms with Gasteiger partial charge in [0.25, 0.3) is 0 Å². The minimum atomic E-state index is -0.165. The molecule has 0 aromatic heterocycles. The topological polar surface area (TPSA) is 47.6 Å². The molecule has 0 bridgehead atoms. The van der Waals surface area contributed by atoms with Crippen molar-refractivity contribution in [1.82, 2.24) is 0 Å². The van der Waals surface area contributed by atoms with Crippen molar-refractivity contribution in [1.29, 1.82) is 0 Å². The molecule has 1 heterocycles. The maximum Gasteiger partial charge on any atom is 0.174 e. The maximum atomic E-state index is 12.4. The molecule has 1 atom stereocenters. The van der Waals surface area contributed by atoms with E-state index in [9.17, 15) is 4.79 Å². The lowest BCUT2D eigenvalue weighted by Gasteiger charge is -2.24. The monoisotopic (exact) mass is 283 g/mol. The molecule has 0 aliphatic carbocycles. The molecule has 21 heavy (non-hydrogen) atoms. The first-order valence-electron chi connectivity index (χ1n) is 6.92. The number of anilines is 1. The van der Waals surface area contributed by atoms with Gasteiger partial charge in [-0.15, -0.1) is 0 Å². The first-order chi connectivity index (χ1) is 10.3. The zero-order chi connectivity index (χ0) is 14.7. The number of benzene rings is 2. The predicted octanol–water partition coefficient (Wildman–Crippen LogP) is 3.00. The molecule has 0 saturated heterocycles. The smallest absolute Gasteiger partial charge is 0.174 e. The van der Waals surface area contributed by atoms with Gasteiger partial charge in [-0.25, -0.2) is 0 Å². The van der Waals surface area contributed by atoms with E-state index in [4.69, 9.17) is 9.47 Å². The van der Waals surface area contributed by atoms with Crippen molar-refractivity contribution < 1.29 is 14.3 Å². The summed E-state index contributed by atoms with van der Waals surface area (Å²) < 4.78 is 10.8. The maximum absolute atomic E-state index is 12.4. The number of hydrogen-bond donors (Lipinski definition) is 1. The van der Waals surface area contributed by atoms with E-state index in [1.165, 1.54) is 0 Å². The zero-order valence-corrected chi connectivity index (χ0v) is 11.8. The molecule has 2 aromatic rings. The van der Waals surface area contributed by atoms with Gasteiger partial charge in [0.2, 0.25) is 0 Å². The normalized spacial score (nSPS) is 16.8. The average Bonchev–Trinajstić information content (AvgIpc) is 2.55. The second kappa shape index (κ2) is 5.87. The minimum Gasteiger partial charge on any atom is -0.497 e. The summed E-state index contributed by atoms with van der Waals surface area (Å²) >= 11 is 0. The average molecular weight is 283 g/mol. The van der Waals surface area contributed by atoms with E-state index in [2.05, 4.69) is 5.32 Å². The Morgan fingerprint density at radius 3 is 2.71 bits per heavy atom. The van der Waals surface area contributed by atoms with Gasteiger partial charge in [-0.1, -0.05) is 12.1 Å². The molecule has 2 aromatic carbocycles. The Morgan fingerprint density at radius 1 is 1.19 bits per heavy atom. The molecule has 0 radical (unpaired) electrons. The molecule has 0 fully saturated rings. The molecule has 1 aliphatic rings.